The molecule has 0 unspecified atom stereocenters. The van der Waals surface area contributed by atoms with Gasteiger partial charge in [-0.2, -0.15) is 0 Å². The Hall–Kier alpha value is -1.96. The third kappa shape index (κ3) is 7.76. The smallest absolute Gasteiger partial charge is 0.276 e. The molecule has 156 valence electrons. The molecular weight excluding hydrogens is 483 g/mol. The Morgan fingerprint density at radius 3 is 2.41 bits per heavy atom. The summed E-state index contributed by atoms with van der Waals surface area (Å²) in [4.78, 5) is 24.1. The van der Waals surface area contributed by atoms with Crippen LogP contribution in [-0.2, 0) is 4.79 Å². The van der Waals surface area contributed by atoms with E-state index in [0.29, 0.717) is 39.1 Å². The highest BCUT2D eigenvalue weighted by atomic mass is 79.9. The molecule has 0 aliphatic heterocycles. The molecule has 0 aliphatic carbocycles. The lowest BCUT2D eigenvalue weighted by atomic mass is 10.1. The Morgan fingerprint density at radius 2 is 1.76 bits per heavy atom. The van der Waals surface area contributed by atoms with Crippen molar-refractivity contribution in [3.63, 3.8) is 0 Å². The number of ether oxygens (including phenoxy) is 2. The minimum atomic E-state index is -0.544. The average molecular weight is 504 g/mol. The van der Waals surface area contributed by atoms with E-state index in [4.69, 9.17) is 32.7 Å². The third-order valence-electron chi connectivity index (χ3n) is 3.71. The number of nitrogens with one attached hydrogen (secondary N) is 2. The number of hydrogen-bond acceptors (Lipinski definition) is 4. The first-order chi connectivity index (χ1) is 13.8. The predicted octanol–water partition coefficient (Wildman–Crippen LogP) is 5.02. The Kier molecular flexibility index (Phi) is 9.07. The molecule has 6 nitrogen and oxygen atoms in total. The summed E-state index contributed by atoms with van der Waals surface area (Å²) < 4.78 is 11.6. The van der Waals surface area contributed by atoms with Gasteiger partial charge in [-0.3, -0.25) is 20.4 Å². The van der Waals surface area contributed by atoms with E-state index in [2.05, 4.69) is 40.6 Å². The van der Waals surface area contributed by atoms with Crippen LogP contribution in [0, 0.1) is 5.92 Å². The molecule has 0 atom stereocenters. The van der Waals surface area contributed by atoms with Crippen molar-refractivity contribution in [1.29, 1.82) is 0 Å². The molecule has 0 heterocycles. The topological polar surface area (TPSA) is 76.7 Å². The molecule has 2 amide bonds. The van der Waals surface area contributed by atoms with Crippen LogP contribution >= 0.6 is 39.1 Å². The molecule has 2 N–H and O–H groups in total. The van der Waals surface area contributed by atoms with Gasteiger partial charge in [-0.25, -0.2) is 0 Å². The van der Waals surface area contributed by atoms with Crippen LogP contribution in [0.1, 0.15) is 30.6 Å². The highest BCUT2D eigenvalue weighted by Gasteiger charge is 2.12. The van der Waals surface area contributed by atoms with Gasteiger partial charge in [0, 0.05) is 10.6 Å². The molecule has 0 saturated carbocycles. The average Bonchev–Trinajstić information content (AvgIpc) is 2.66. The minimum absolute atomic E-state index is 0.287. The van der Waals surface area contributed by atoms with Crippen molar-refractivity contribution >= 4 is 50.9 Å². The lowest BCUT2D eigenvalue weighted by molar-refractivity contribution is -0.123. The second kappa shape index (κ2) is 11.3. The van der Waals surface area contributed by atoms with E-state index < -0.39 is 11.8 Å². The number of rotatable bonds is 8. The number of halogens is 3. The van der Waals surface area contributed by atoms with Gasteiger partial charge in [0.25, 0.3) is 11.8 Å². The molecule has 0 saturated heterocycles. The maximum Gasteiger partial charge on any atom is 0.276 e. The summed E-state index contributed by atoms with van der Waals surface area (Å²) in [6, 6.07) is 9.59. The van der Waals surface area contributed by atoms with Gasteiger partial charge in [0.2, 0.25) is 0 Å². The highest BCUT2D eigenvalue weighted by molar-refractivity contribution is 9.10. The lowest BCUT2D eigenvalue weighted by Crippen LogP contribution is -2.43. The van der Waals surface area contributed by atoms with E-state index >= 15 is 0 Å². The molecule has 0 aromatic heterocycles. The van der Waals surface area contributed by atoms with Crippen molar-refractivity contribution in [3.05, 3.63) is 56.5 Å². The van der Waals surface area contributed by atoms with Crippen molar-refractivity contribution in [2.24, 2.45) is 5.92 Å². The first-order valence-electron chi connectivity index (χ1n) is 8.85. The SMILES string of the molecule is CC(C)CCOc1ccc(C(=O)NNC(=O)COc2ccc(Cl)cc2Cl)cc1Br. The Morgan fingerprint density at radius 1 is 1.03 bits per heavy atom. The maximum absolute atomic E-state index is 12.2. The van der Waals surface area contributed by atoms with E-state index in [1.807, 2.05) is 0 Å². The molecule has 2 aromatic carbocycles. The summed E-state index contributed by atoms with van der Waals surface area (Å²) in [5.41, 5.74) is 4.97. The minimum Gasteiger partial charge on any atom is -0.492 e. The molecule has 0 radical (unpaired) electrons. The van der Waals surface area contributed by atoms with Crippen LogP contribution in [0.2, 0.25) is 10.0 Å². The first-order valence-corrected chi connectivity index (χ1v) is 10.4. The summed E-state index contributed by atoms with van der Waals surface area (Å²) in [5, 5.41) is 0.747. The summed E-state index contributed by atoms with van der Waals surface area (Å²) in [7, 11) is 0. The van der Waals surface area contributed by atoms with Crippen molar-refractivity contribution in [2.75, 3.05) is 13.2 Å². The largest absolute Gasteiger partial charge is 0.492 e. The highest BCUT2D eigenvalue weighted by Crippen LogP contribution is 2.27. The Bertz CT molecular complexity index is 878. The molecule has 9 heteroatoms. The van der Waals surface area contributed by atoms with E-state index in [1.54, 1.807) is 30.3 Å². The summed E-state index contributed by atoms with van der Waals surface area (Å²) in [5.74, 6) is 0.491. The molecule has 0 bridgehead atoms. The van der Waals surface area contributed by atoms with E-state index in [9.17, 15) is 9.59 Å². The Balaban J connectivity index is 1.82. The molecule has 2 rings (SSSR count). The second-order valence-electron chi connectivity index (χ2n) is 6.54. The zero-order valence-corrected chi connectivity index (χ0v) is 19.0. The van der Waals surface area contributed by atoms with E-state index in [-0.39, 0.29) is 11.6 Å². The number of carbonyl (C=O) groups is 2. The zero-order valence-electron chi connectivity index (χ0n) is 15.9. The Labute approximate surface area is 188 Å². The maximum atomic E-state index is 12.2. The first kappa shape index (κ1) is 23.3. The molecular formula is C20H21BrCl2N2O4. The zero-order chi connectivity index (χ0) is 21.4. The molecule has 0 fully saturated rings. The fraction of sp³-hybridized carbons (Fsp3) is 0.300. The fourth-order valence-electron chi connectivity index (χ4n) is 2.13. The number of carbonyl (C=O) groups excluding carboxylic acids is 2. The van der Waals surface area contributed by atoms with Crippen LogP contribution in [0.5, 0.6) is 11.5 Å². The predicted molar refractivity (Wildman–Crippen MR) is 117 cm³/mol. The quantitative estimate of drug-likeness (QED) is 0.496. The van der Waals surface area contributed by atoms with E-state index in [1.165, 1.54) is 6.07 Å². The van der Waals surface area contributed by atoms with Gasteiger partial charge in [0.15, 0.2) is 6.61 Å². The third-order valence-corrected chi connectivity index (χ3v) is 4.87. The number of benzene rings is 2. The summed E-state index contributed by atoms with van der Waals surface area (Å²) in [6.07, 6.45) is 0.935. The molecule has 0 aliphatic rings. The fourth-order valence-corrected chi connectivity index (χ4v) is 3.09. The van der Waals surface area contributed by atoms with Gasteiger partial charge in [-0.1, -0.05) is 37.0 Å². The van der Waals surface area contributed by atoms with Crippen LogP contribution in [0.25, 0.3) is 0 Å². The second-order valence-corrected chi connectivity index (χ2v) is 8.24. The van der Waals surface area contributed by atoms with Crippen LogP contribution in [-0.4, -0.2) is 25.0 Å². The van der Waals surface area contributed by atoms with Crippen molar-refractivity contribution < 1.29 is 19.1 Å². The summed E-state index contributed by atoms with van der Waals surface area (Å²) >= 11 is 15.2. The van der Waals surface area contributed by atoms with Gasteiger partial charge in [0.05, 0.1) is 16.1 Å². The number of amides is 2. The molecule has 29 heavy (non-hydrogen) atoms. The summed E-state index contributed by atoms with van der Waals surface area (Å²) in [6.45, 7) is 4.51. The number of hydrazine groups is 1. The van der Waals surface area contributed by atoms with Crippen LogP contribution < -0.4 is 20.3 Å². The normalized spacial score (nSPS) is 10.6. The molecule has 2 aromatic rings. The lowest BCUT2D eigenvalue weighted by Gasteiger charge is -2.12. The van der Waals surface area contributed by atoms with Crippen molar-refractivity contribution in [3.8, 4) is 11.5 Å². The van der Waals surface area contributed by atoms with E-state index in [0.717, 1.165) is 6.42 Å². The van der Waals surface area contributed by atoms with Gasteiger partial charge >= 0.3 is 0 Å². The van der Waals surface area contributed by atoms with Crippen molar-refractivity contribution in [2.45, 2.75) is 20.3 Å². The van der Waals surface area contributed by atoms with Crippen molar-refractivity contribution in [1.82, 2.24) is 10.9 Å². The number of hydrogen-bond donors (Lipinski definition) is 2. The van der Waals surface area contributed by atoms with Crippen LogP contribution in [0.3, 0.4) is 0 Å². The van der Waals surface area contributed by atoms with Gasteiger partial charge in [-0.05, 0) is 64.7 Å². The van der Waals surface area contributed by atoms with Gasteiger partial charge in [0.1, 0.15) is 11.5 Å². The standard InChI is InChI=1S/C20H21BrCl2N2O4/c1-12(2)7-8-28-17-5-3-13(9-15(17)21)20(27)25-24-19(26)11-29-18-6-4-14(22)10-16(18)23/h3-6,9-10,12H,7-8,11H2,1-2H3,(H,24,26)(H,25,27). The monoisotopic (exact) mass is 502 g/mol. The van der Waals surface area contributed by atoms with Gasteiger partial charge in [-0.15, -0.1) is 0 Å². The molecule has 0 spiro atoms. The van der Waals surface area contributed by atoms with Crippen LogP contribution in [0.4, 0.5) is 0 Å². The van der Waals surface area contributed by atoms with Gasteiger partial charge < -0.3 is 9.47 Å². The van der Waals surface area contributed by atoms with Crippen LogP contribution in [0.15, 0.2) is 40.9 Å².